The van der Waals surface area contributed by atoms with Crippen molar-refractivity contribution in [2.45, 2.75) is 138 Å². The van der Waals surface area contributed by atoms with E-state index in [4.69, 9.17) is 28.4 Å². The number of benzene rings is 2. The summed E-state index contributed by atoms with van der Waals surface area (Å²) in [5.74, 6) is -2.95. The van der Waals surface area contributed by atoms with Crippen LogP contribution in [0.5, 0.6) is 0 Å². The highest BCUT2D eigenvalue weighted by Gasteiger charge is 2.55. The van der Waals surface area contributed by atoms with Crippen LogP contribution in [0.3, 0.4) is 0 Å². The zero-order valence-corrected chi connectivity index (χ0v) is 35.7. The molecule has 2 amide bonds. The Labute approximate surface area is 365 Å². The fourth-order valence-electron chi connectivity index (χ4n) is 8.79. The number of amides is 2. The predicted octanol–water partition coefficient (Wildman–Crippen LogP) is 1.24. The van der Waals surface area contributed by atoms with Crippen molar-refractivity contribution < 1.29 is 73.1 Å². The van der Waals surface area contributed by atoms with Crippen LogP contribution in [0.4, 0.5) is 0 Å². The van der Waals surface area contributed by atoms with Gasteiger partial charge in [0.25, 0.3) is 0 Å². The van der Waals surface area contributed by atoms with Crippen LogP contribution in [0.15, 0.2) is 66.3 Å². The number of esters is 2. The topological polar surface area (TPSA) is 240 Å². The molecule has 2 aromatic rings. The van der Waals surface area contributed by atoms with E-state index in [1.807, 2.05) is 24.3 Å². The third-order valence-electron chi connectivity index (χ3n) is 11.9. The summed E-state index contributed by atoms with van der Waals surface area (Å²) in [4.78, 5) is 55.6. The van der Waals surface area contributed by atoms with Crippen molar-refractivity contribution >= 4 is 29.8 Å². The molecule has 17 heteroatoms. The minimum Gasteiger partial charge on any atom is -0.460 e. The van der Waals surface area contributed by atoms with E-state index in [-0.39, 0.29) is 31.4 Å². The van der Waals surface area contributed by atoms with E-state index in [2.05, 4.69) is 5.32 Å². The van der Waals surface area contributed by atoms with Gasteiger partial charge in [-0.2, -0.15) is 0 Å². The van der Waals surface area contributed by atoms with Gasteiger partial charge in [0.2, 0.25) is 11.8 Å². The number of carbonyl (C=O) groups is 4. The summed E-state index contributed by atoms with van der Waals surface area (Å²) in [5, 5.41) is 52.4. The Morgan fingerprint density at radius 3 is 2.35 bits per heavy atom. The van der Waals surface area contributed by atoms with E-state index in [1.54, 1.807) is 63.3 Å². The summed E-state index contributed by atoms with van der Waals surface area (Å²) < 4.78 is 35.7. The maximum atomic E-state index is 14.4. The lowest BCUT2D eigenvalue weighted by Gasteiger charge is -2.39. The summed E-state index contributed by atoms with van der Waals surface area (Å²) >= 11 is 0. The van der Waals surface area contributed by atoms with Gasteiger partial charge in [0, 0.05) is 37.8 Å². The van der Waals surface area contributed by atoms with Gasteiger partial charge in [0.05, 0.1) is 31.4 Å². The first-order chi connectivity index (χ1) is 30.1. The van der Waals surface area contributed by atoms with Gasteiger partial charge in [-0.3, -0.25) is 14.4 Å². The van der Waals surface area contributed by atoms with Crippen LogP contribution in [0.25, 0.3) is 6.08 Å². The average molecular weight is 879 g/mol. The van der Waals surface area contributed by atoms with Gasteiger partial charge in [-0.1, -0.05) is 48.6 Å². The third-order valence-corrected chi connectivity index (χ3v) is 11.9. The Morgan fingerprint density at radius 1 is 0.968 bits per heavy atom. The smallest absolute Gasteiger partial charge is 0.338 e. The van der Waals surface area contributed by atoms with Gasteiger partial charge >= 0.3 is 11.9 Å². The summed E-state index contributed by atoms with van der Waals surface area (Å²) in [6.45, 7) is 4.57. The minimum atomic E-state index is -1.55. The molecule has 1 spiro atoms. The lowest BCUT2D eigenvalue weighted by molar-refractivity contribution is -0.298. The van der Waals surface area contributed by atoms with Gasteiger partial charge in [-0.25, -0.2) is 4.79 Å². The summed E-state index contributed by atoms with van der Waals surface area (Å²) in [7, 11) is 0. The van der Waals surface area contributed by atoms with Crippen LogP contribution < -0.4 is 5.32 Å². The van der Waals surface area contributed by atoms with Crippen LogP contribution in [-0.2, 0) is 55.6 Å². The Balaban J connectivity index is 1.01. The van der Waals surface area contributed by atoms with Gasteiger partial charge in [0.15, 0.2) is 12.1 Å². The Morgan fingerprint density at radius 2 is 1.68 bits per heavy atom. The molecule has 0 aromatic heterocycles. The van der Waals surface area contributed by atoms with E-state index < -0.39 is 109 Å². The molecular formula is C46H58N2O15. The molecule has 342 valence electrons. The second-order valence-corrected chi connectivity index (χ2v) is 17.8. The van der Waals surface area contributed by atoms with Gasteiger partial charge in [-0.15, -0.1) is 0 Å². The second kappa shape index (κ2) is 19.7. The molecule has 3 heterocycles. The monoisotopic (exact) mass is 878 g/mol. The number of aliphatic hydroxyl groups excluding tert-OH is 5. The van der Waals surface area contributed by atoms with Crippen molar-refractivity contribution in [1.29, 1.82) is 0 Å². The third kappa shape index (κ3) is 10.9. The molecule has 0 saturated carbocycles. The maximum absolute atomic E-state index is 14.4. The molecule has 3 saturated heterocycles. The highest BCUT2D eigenvalue weighted by molar-refractivity contribution is 5.98. The number of rotatable bonds is 14. The first-order valence-electron chi connectivity index (χ1n) is 21.5. The molecule has 7 rings (SSSR count). The molecule has 10 atom stereocenters. The summed E-state index contributed by atoms with van der Waals surface area (Å²) in [6.07, 6.45) is -2.17. The molecule has 63 heavy (non-hydrogen) atoms. The van der Waals surface area contributed by atoms with Gasteiger partial charge in [-0.05, 0) is 74.9 Å². The van der Waals surface area contributed by atoms with Crippen molar-refractivity contribution in [2.75, 3.05) is 26.4 Å². The van der Waals surface area contributed by atoms with Crippen LogP contribution in [0.2, 0.25) is 0 Å². The molecular weight excluding hydrogens is 821 g/mol. The van der Waals surface area contributed by atoms with Crippen LogP contribution >= 0.6 is 0 Å². The number of carbonyl (C=O) groups excluding carboxylic acids is 4. The molecule has 3 aliphatic heterocycles. The number of hydrogen-bond acceptors (Lipinski definition) is 15. The Hall–Kier alpha value is -4.56. The molecule has 10 unspecified atom stereocenters. The van der Waals surface area contributed by atoms with E-state index in [0.29, 0.717) is 43.4 Å². The zero-order valence-electron chi connectivity index (χ0n) is 35.7. The van der Waals surface area contributed by atoms with E-state index in [1.165, 1.54) is 4.90 Å². The standard InChI is InChI=1S/C46H58N2O15/c1-45(2,3)62-36(51)17-16-31(24-49)47-41(55)32-11-6-18-48(32)42(56)30-20-33(40-34(21-30)61-46(63-40)22-28-9-4-5-10-29(28)23-46)59-43(57)27-14-12-26(13-15-27)8-7-19-58-44-39(54)38(53)37(52)35(25-50)60-44/h4-5,7-10,12-15,21,31-35,37-40,44,49-50,52-54H,6,11,16-20,22-25H2,1-3H3,(H,47,55). The highest BCUT2D eigenvalue weighted by Crippen LogP contribution is 2.45. The first kappa shape index (κ1) is 46.4. The SMILES string of the molecule is CC(C)(C)OC(=O)CCC(CO)NC(=O)C1CCCN1C(=O)C1=CC2OC3(Cc4ccccc4C3)OC2C(OC(=O)c2ccc(C=CCOC3OC(CO)C(O)C(O)C3O)cc2)C1. The Kier molecular flexibility index (Phi) is 14.5. The number of likely N-dealkylation sites (tertiary alicyclic amines) is 1. The molecule has 3 fully saturated rings. The van der Waals surface area contributed by atoms with Crippen molar-refractivity contribution in [3.05, 3.63) is 88.5 Å². The lowest BCUT2D eigenvalue weighted by atomic mass is 9.91. The molecule has 0 radical (unpaired) electrons. The van der Waals surface area contributed by atoms with Crippen molar-refractivity contribution in [3.8, 4) is 0 Å². The Bertz CT molecular complexity index is 2000. The quantitative estimate of drug-likeness (QED) is 0.146. The number of fused-ring (bicyclic) bond motifs is 2. The summed E-state index contributed by atoms with van der Waals surface area (Å²) in [6, 6.07) is 13.0. The molecule has 2 aliphatic carbocycles. The number of hydrogen-bond donors (Lipinski definition) is 6. The van der Waals surface area contributed by atoms with Crippen molar-refractivity contribution in [3.63, 3.8) is 0 Å². The highest BCUT2D eigenvalue weighted by atomic mass is 16.8. The van der Waals surface area contributed by atoms with Crippen LogP contribution in [0.1, 0.15) is 79.9 Å². The van der Waals surface area contributed by atoms with Crippen molar-refractivity contribution in [1.82, 2.24) is 10.2 Å². The van der Waals surface area contributed by atoms with Gasteiger partial charge in [0.1, 0.15) is 54.4 Å². The number of nitrogens with zero attached hydrogens (tertiary/aromatic N) is 1. The molecule has 17 nitrogen and oxygen atoms in total. The normalized spacial score (nSPS) is 29.2. The first-order valence-corrected chi connectivity index (χ1v) is 21.5. The zero-order chi connectivity index (χ0) is 45.1. The molecule has 0 bridgehead atoms. The number of ether oxygens (including phenoxy) is 6. The summed E-state index contributed by atoms with van der Waals surface area (Å²) in [5.41, 5.74) is 2.75. The van der Waals surface area contributed by atoms with Crippen molar-refractivity contribution in [2.24, 2.45) is 0 Å². The van der Waals surface area contributed by atoms with E-state index in [9.17, 15) is 44.7 Å². The minimum absolute atomic E-state index is 0.00590. The van der Waals surface area contributed by atoms with Gasteiger partial charge < -0.3 is 64.2 Å². The number of nitrogens with one attached hydrogen (secondary N) is 1. The maximum Gasteiger partial charge on any atom is 0.338 e. The van der Waals surface area contributed by atoms with Crippen LogP contribution in [-0.4, -0.2) is 153 Å². The molecule has 2 aromatic carbocycles. The fourth-order valence-corrected chi connectivity index (χ4v) is 8.79. The molecule has 6 N–H and O–H groups in total. The largest absolute Gasteiger partial charge is 0.460 e. The lowest BCUT2D eigenvalue weighted by Crippen LogP contribution is -2.59. The number of aliphatic hydroxyl groups is 5. The van der Waals surface area contributed by atoms with E-state index >= 15 is 0 Å². The van der Waals surface area contributed by atoms with E-state index in [0.717, 1.165) is 11.1 Å². The predicted molar refractivity (Wildman–Crippen MR) is 222 cm³/mol. The second-order valence-electron chi connectivity index (χ2n) is 17.8. The van der Waals surface area contributed by atoms with Crippen LogP contribution in [0, 0.1) is 0 Å². The fraction of sp³-hybridized carbons (Fsp3) is 0.565. The average Bonchev–Trinajstić information content (AvgIpc) is 3.99. The molecule has 5 aliphatic rings.